The van der Waals surface area contributed by atoms with E-state index in [4.69, 9.17) is 20.8 Å². The van der Waals surface area contributed by atoms with Crippen LogP contribution in [0.15, 0.2) is 24.4 Å². The van der Waals surface area contributed by atoms with Crippen LogP contribution in [-0.4, -0.2) is 47.3 Å². The van der Waals surface area contributed by atoms with E-state index in [1.54, 1.807) is 6.20 Å². The van der Waals surface area contributed by atoms with E-state index in [-0.39, 0.29) is 12.1 Å². The number of likely N-dealkylation sites (tertiary alicyclic amines) is 1. The summed E-state index contributed by atoms with van der Waals surface area (Å²) in [6.07, 6.45) is 3.59. The minimum absolute atomic E-state index is 0.141. The van der Waals surface area contributed by atoms with Gasteiger partial charge >= 0.3 is 0 Å². The van der Waals surface area contributed by atoms with E-state index in [1.165, 1.54) is 0 Å². The van der Waals surface area contributed by atoms with Crippen molar-refractivity contribution >= 4 is 5.69 Å². The minimum atomic E-state index is 0.141. The van der Waals surface area contributed by atoms with Crippen LogP contribution in [0.4, 0.5) is 5.69 Å². The maximum Gasteiger partial charge on any atom is 0.257 e. The molecule has 28 heavy (non-hydrogen) atoms. The van der Waals surface area contributed by atoms with E-state index >= 15 is 0 Å². The summed E-state index contributed by atoms with van der Waals surface area (Å²) >= 11 is 0. The minimum Gasteiger partial charge on any atom is -0.484 e. The van der Waals surface area contributed by atoms with Crippen molar-refractivity contribution in [3.05, 3.63) is 47.1 Å². The molecule has 2 aliphatic rings. The summed E-state index contributed by atoms with van der Waals surface area (Å²) in [6.45, 7) is 14.2. The number of hydrogen-bond acceptors (Lipinski definition) is 6. The van der Waals surface area contributed by atoms with E-state index < -0.39 is 0 Å². The quantitative estimate of drug-likeness (QED) is 0.754. The molecule has 0 radical (unpaired) electrons. The highest BCUT2D eigenvalue weighted by Crippen LogP contribution is 2.32. The van der Waals surface area contributed by atoms with Gasteiger partial charge in [0.15, 0.2) is 5.75 Å². The van der Waals surface area contributed by atoms with Crippen LogP contribution in [-0.2, 0) is 0 Å². The molecule has 0 aliphatic carbocycles. The molecule has 0 N–H and O–H groups in total. The lowest BCUT2D eigenvalue weighted by Gasteiger charge is -2.35. The second kappa shape index (κ2) is 8.03. The molecular formula is C21H24N4O3. The number of rotatable bonds is 4. The monoisotopic (exact) mass is 380 g/mol. The number of fused-ring (bicyclic) bond motifs is 1. The lowest BCUT2D eigenvalue weighted by Crippen LogP contribution is -2.40. The van der Waals surface area contributed by atoms with Crippen LogP contribution in [0.1, 0.15) is 37.1 Å². The predicted octanol–water partition coefficient (Wildman–Crippen LogP) is 3.71. The van der Waals surface area contributed by atoms with Crippen LogP contribution in [0.25, 0.3) is 4.85 Å². The molecule has 2 aromatic heterocycles. The molecule has 4 rings (SSSR count). The lowest BCUT2D eigenvalue weighted by atomic mass is 10.0. The fourth-order valence-corrected chi connectivity index (χ4v) is 3.62. The van der Waals surface area contributed by atoms with Gasteiger partial charge in [-0.1, -0.05) is 0 Å². The Morgan fingerprint density at radius 1 is 1.25 bits per heavy atom. The number of pyridine rings is 2. The lowest BCUT2D eigenvalue weighted by molar-refractivity contribution is 0.0752. The molecule has 7 nitrogen and oxygen atoms in total. The van der Waals surface area contributed by atoms with Crippen molar-refractivity contribution in [3.8, 4) is 17.5 Å². The molecule has 0 saturated carbocycles. The Morgan fingerprint density at radius 3 is 2.79 bits per heavy atom. The number of ether oxygens (including phenoxy) is 3. The molecule has 1 saturated heterocycles. The Morgan fingerprint density at radius 2 is 2.04 bits per heavy atom. The first-order valence-electron chi connectivity index (χ1n) is 9.65. The molecule has 7 heteroatoms. The summed E-state index contributed by atoms with van der Waals surface area (Å²) in [6, 6.07) is 6.02. The number of aryl methyl sites for hydroxylation is 1. The first-order valence-corrected chi connectivity index (χ1v) is 9.65. The van der Waals surface area contributed by atoms with E-state index in [0.29, 0.717) is 30.7 Å². The molecule has 2 aromatic rings. The van der Waals surface area contributed by atoms with Gasteiger partial charge in [0, 0.05) is 25.3 Å². The number of aromatic nitrogens is 2. The molecule has 1 unspecified atom stereocenters. The third-order valence-corrected chi connectivity index (χ3v) is 5.34. The Balaban J connectivity index is 1.35. The van der Waals surface area contributed by atoms with E-state index in [0.717, 1.165) is 42.9 Å². The highest BCUT2D eigenvalue weighted by molar-refractivity contribution is 5.50. The topological polar surface area (TPSA) is 61.1 Å². The SMILES string of the molecule is [C-]#[N+]c1cnc(OC2CCN(C(C)c3ccc4c(n3)OCCO4)CC2)cc1C. The van der Waals surface area contributed by atoms with Gasteiger partial charge in [-0.05, 0) is 50.5 Å². The Kier molecular flexibility index (Phi) is 5.31. The Hall–Kier alpha value is -2.85. The van der Waals surface area contributed by atoms with Gasteiger partial charge in [-0.15, -0.1) is 0 Å². The second-order valence-electron chi connectivity index (χ2n) is 7.19. The van der Waals surface area contributed by atoms with Crippen molar-refractivity contribution in [1.29, 1.82) is 0 Å². The second-order valence-corrected chi connectivity index (χ2v) is 7.19. The van der Waals surface area contributed by atoms with Gasteiger partial charge in [0.2, 0.25) is 11.6 Å². The first-order chi connectivity index (χ1) is 13.6. The van der Waals surface area contributed by atoms with Gasteiger partial charge in [0.1, 0.15) is 19.3 Å². The van der Waals surface area contributed by atoms with Gasteiger partial charge in [-0.25, -0.2) is 14.8 Å². The molecule has 146 valence electrons. The predicted molar refractivity (Wildman–Crippen MR) is 104 cm³/mol. The number of hydrogen-bond donors (Lipinski definition) is 0. The van der Waals surface area contributed by atoms with Crippen molar-refractivity contribution in [3.63, 3.8) is 0 Å². The van der Waals surface area contributed by atoms with Crippen molar-refractivity contribution in [2.75, 3.05) is 26.3 Å². The van der Waals surface area contributed by atoms with Gasteiger partial charge in [-0.3, -0.25) is 4.90 Å². The van der Waals surface area contributed by atoms with Crippen molar-refractivity contribution in [1.82, 2.24) is 14.9 Å². The zero-order valence-corrected chi connectivity index (χ0v) is 16.2. The normalized spacial score (nSPS) is 18.3. The highest BCUT2D eigenvalue weighted by atomic mass is 16.6. The van der Waals surface area contributed by atoms with Crippen LogP contribution >= 0.6 is 0 Å². The van der Waals surface area contributed by atoms with Gasteiger partial charge in [0.25, 0.3) is 5.88 Å². The van der Waals surface area contributed by atoms with Crippen molar-refractivity contribution in [2.45, 2.75) is 38.8 Å². The summed E-state index contributed by atoms with van der Waals surface area (Å²) in [5, 5.41) is 0. The summed E-state index contributed by atoms with van der Waals surface area (Å²) < 4.78 is 17.2. The molecular weight excluding hydrogens is 356 g/mol. The number of nitrogens with zero attached hydrogens (tertiary/aromatic N) is 4. The molecule has 0 aromatic carbocycles. The molecule has 0 amide bonds. The molecule has 1 fully saturated rings. The van der Waals surface area contributed by atoms with E-state index in [9.17, 15) is 0 Å². The van der Waals surface area contributed by atoms with E-state index in [2.05, 4.69) is 26.6 Å². The fraction of sp³-hybridized carbons (Fsp3) is 0.476. The maximum absolute atomic E-state index is 7.11. The number of piperidine rings is 1. The van der Waals surface area contributed by atoms with Crippen molar-refractivity contribution in [2.24, 2.45) is 0 Å². The smallest absolute Gasteiger partial charge is 0.257 e. The van der Waals surface area contributed by atoms with Crippen molar-refractivity contribution < 1.29 is 14.2 Å². The maximum atomic E-state index is 7.11. The van der Waals surface area contributed by atoms with Gasteiger partial charge in [-0.2, -0.15) is 0 Å². The zero-order valence-electron chi connectivity index (χ0n) is 16.2. The largest absolute Gasteiger partial charge is 0.484 e. The Bertz CT molecular complexity index is 888. The summed E-state index contributed by atoms with van der Waals surface area (Å²) in [5.74, 6) is 1.92. The summed E-state index contributed by atoms with van der Waals surface area (Å²) in [4.78, 5) is 14.8. The first kappa shape index (κ1) is 18.5. The van der Waals surface area contributed by atoms with Crippen LogP contribution in [0.3, 0.4) is 0 Å². The zero-order chi connectivity index (χ0) is 19.5. The van der Waals surface area contributed by atoms with E-state index in [1.807, 2.05) is 25.1 Å². The highest BCUT2D eigenvalue weighted by Gasteiger charge is 2.26. The van der Waals surface area contributed by atoms with Crippen LogP contribution < -0.4 is 14.2 Å². The third-order valence-electron chi connectivity index (χ3n) is 5.34. The standard InChI is InChI=1S/C21H24N4O3/c1-14-12-20(23-13-18(14)22-3)28-16-6-8-25(9-7-16)15(2)17-4-5-19-21(24-17)27-11-10-26-19/h4-5,12-13,15-16H,6-11H2,1-2H3. The fourth-order valence-electron chi connectivity index (χ4n) is 3.62. The van der Waals surface area contributed by atoms with Gasteiger partial charge in [0.05, 0.1) is 12.3 Å². The average molecular weight is 380 g/mol. The molecule has 0 spiro atoms. The molecule has 2 aliphatic heterocycles. The van der Waals surface area contributed by atoms with Crippen LogP contribution in [0.2, 0.25) is 0 Å². The third kappa shape index (κ3) is 3.87. The van der Waals surface area contributed by atoms with Gasteiger partial charge < -0.3 is 14.2 Å². The average Bonchev–Trinajstić information content (AvgIpc) is 2.73. The molecule has 1 atom stereocenters. The Labute approximate surface area is 165 Å². The van der Waals surface area contributed by atoms with Crippen LogP contribution in [0.5, 0.6) is 17.5 Å². The van der Waals surface area contributed by atoms with Crippen LogP contribution in [0, 0.1) is 13.5 Å². The molecule has 4 heterocycles. The summed E-state index contributed by atoms with van der Waals surface area (Å²) in [5.41, 5.74) is 2.47. The molecule has 0 bridgehead atoms. The summed E-state index contributed by atoms with van der Waals surface area (Å²) in [7, 11) is 0.